The number of ether oxygens (including phenoxy) is 1. The number of aromatic carboxylic acids is 1. The zero-order chi connectivity index (χ0) is 13.8. The number of esters is 1. The van der Waals surface area contributed by atoms with Gasteiger partial charge in [0.25, 0.3) is 0 Å². The van der Waals surface area contributed by atoms with Crippen molar-refractivity contribution in [3.05, 3.63) is 17.0 Å². The smallest absolute Gasteiger partial charge is 0.345 e. The number of nitrogens with one attached hydrogen (secondary N) is 1. The van der Waals surface area contributed by atoms with Crippen LogP contribution in [0.25, 0.3) is 0 Å². The molecule has 7 nitrogen and oxygen atoms in total. The fourth-order valence-electron chi connectivity index (χ4n) is 1.03. The lowest BCUT2D eigenvalue weighted by molar-refractivity contribution is -0.140. The molecule has 1 rings (SSSR count). The van der Waals surface area contributed by atoms with Crippen molar-refractivity contribution in [2.24, 2.45) is 0 Å². The summed E-state index contributed by atoms with van der Waals surface area (Å²) in [7, 11) is -2.52. The minimum Gasteiger partial charge on any atom is -0.477 e. The molecule has 0 aliphatic carbocycles. The van der Waals surface area contributed by atoms with Gasteiger partial charge in [0.05, 0.1) is 19.3 Å². The Labute approximate surface area is 107 Å². The van der Waals surface area contributed by atoms with E-state index in [1.54, 1.807) is 0 Å². The molecule has 1 aromatic rings. The SMILES string of the molecule is COC(=O)CCS(=O)(=O)Nc1ccc(C(=O)O)s1. The van der Waals surface area contributed by atoms with Crippen LogP contribution in [-0.4, -0.2) is 38.3 Å². The molecular weight excluding hydrogens is 282 g/mol. The maximum atomic E-state index is 11.5. The third-order valence-electron chi connectivity index (χ3n) is 1.88. The second-order valence-electron chi connectivity index (χ2n) is 3.22. The Bertz CT molecular complexity index is 547. The van der Waals surface area contributed by atoms with Crippen molar-refractivity contribution in [2.75, 3.05) is 17.6 Å². The molecule has 9 heteroatoms. The van der Waals surface area contributed by atoms with E-state index in [9.17, 15) is 18.0 Å². The van der Waals surface area contributed by atoms with Crippen LogP contribution in [0.2, 0.25) is 0 Å². The summed E-state index contributed by atoms with van der Waals surface area (Å²) in [5, 5.41) is 8.87. The van der Waals surface area contributed by atoms with Crippen LogP contribution in [0.4, 0.5) is 5.00 Å². The van der Waals surface area contributed by atoms with Crippen molar-refractivity contribution in [1.29, 1.82) is 0 Å². The summed E-state index contributed by atoms with van der Waals surface area (Å²) in [6, 6.07) is 2.65. The number of thiophene rings is 1. The quantitative estimate of drug-likeness (QED) is 0.749. The van der Waals surface area contributed by atoms with Crippen molar-refractivity contribution in [3.63, 3.8) is 0 Å². The summed E-state index contributed by atoms with van der Waals surface area (Å²) < 4.78 is 29.6. The number of carbonyl (C=O) groups is 2. The number of sulfonamides is 1. The van der Waals surface area contributed by atoms with E-state index >= 15 is 0 Å². The Morgan fingerprint density at radius 1 is 1.44 bits per heavy atom. The van der Waals surface area contributed by atoms with Gasteiger partial charge in [-0.3, -0.25) is 9.52 Å². The average Bonchev–Trinajstić information content (AvgIpc) is 2.73. The fourth-order valence-corrected chi connectivity index (χ4v) is 3.09. The molecule has 18 heavy (non-hydrogen) atoms. The summed E-state index contributed by atoms with van der Waals surface area (Å²) in [5.74, 6) is -2.17. The number of carboxylic acid groups (broad SMARTS) is 1. The molecule has 1 aromatic heterocycles. The van der Waals surface area contributed by atoms with Crippen molar-refractivity contribution in [2.45, 2.75) is 6.42 Å². The summed E-state index contributed by atoms with van der Waals surface area (Å²) in [6.07, 6.45) is -0.261. The number of methoxy groups -OCH3 is 1. The normalized spacial score (nSPS) is 10.9. The predicted octanol–water partition coefficient (Wildman–Crippen LogP) is 0.751. The molecule has 2 N–H and O–H groups in total. The van der Waals surface area contributed by atoms with E-state index in [-0.39, 0.29) is 16.3 Å². The molecule has 0 atom stereocenters. The summed E-state index contributed by atoms with van der Waals surface area (Å²) >= 11 is 0.802. The topological polar surface area (TPSA) is 110 Å². The molecule has 0 unspecified atom stereocenters. The molecular formula is C9H11NO6S2. The standard InChI is InChI=1S/C9H11NO6S2/c1-16-8(11)4-5-18(14,15)10-7-3-2-6(17-7)9(12)13/h2-3,10H,4-5H2,1H3,(H,12,13). The Morgan fingerprint density at radius 2 is 2.11 bits per heavy atom. The van der Waals surface area contributed by atoms with Crippen LogP contribution in [0.5, 0.6) is 0 Å². The highest BCUT2D eigenvalue weighted by molar-refractivity contribution is 7.92. The molecule has 100 valence electrons. The molecule has 0 radical (unpaired) electrons. The third-order valence-corrected chi connectivity index (χ3v) is 4.27. The first-order valence-electron chi connectivity index (χ1n) is 4.74. The molecule has 0 amide bonds. The summed E-state index contributed by atoms with van der Waals surface area (Å²) in [4.78, 5) is 21.4. The molecule has 1 heterocycles. The zero-order valence-corrected chi connectivity index (χ0v) is 11.0. The van der Waals surface area contributed by atoms with Gasteiger partial charge in [-0.2, -0.15) is 0 Å². The van der Waals surface area contributed by atoms with Crippen LogP contribution < -0.4 is 4.72 Å². The minimum atomic E-state index is -3.69. The summed E-state index contributed by atoms with van der Waals surface area (Å²) in [5.41, 5.74) is 0. The molecule has 0 saturated heterocycles. The number of hydrogen-bond donors (Lipinski definition) is 2. The molecule has 0 spiro atoms. The number of hydrogen-bond acceptors (Lipinski definition) is 6. The number of anilines is 1. The minimum absolute atomic E-state index is 0.0284. The lowest BCUT2D eigenvalue weighted by Crippen LogP contribution is -2.18. The van der Waals surface area contributed by atoms with Gasteiger partial charge in [-0.25, -0.2) is 13.2 Å². The first-order chi connectivity index (χ1) is 8.34. The second kappa shape index (κ2) is 5.83. The molecule has 0 aromatic carbocycles. The van der Waals surface area contributed by atoms with Crippen molar-refractivity contribution >= 4 is 38.3 Å². The highest BCUT2D eigenvalue weighted by atomic mass is 32.2. The molecule has 0 saturated carbocycles. The van der Waals surface area contributed by atoms with Crippen LogP contribution in [-0.2, 0) is 19.6 Å². The van der Waals surface area contributed by atoms with E-state index in [4.69, 9.17) is 5.11 Å². The maximum absolute atomic E-state index is 11.5. The predicted molar refractivity (Wildman–Crippen MR) is 65.3 cm³/mol. The van der Waals surface area contributed by atoms with Gasteiger partial charge in [-0.1, -0.05) is 0 Å². The number of carbonyl (C=O) groups excluding carboxylic acids is 1. The van der Waals surface area contributed by atoms with E-state index < -0.39 is 27.7 Å². The van der Waals surface area contributed by atoms with E-state index in [1.165, 1.54) is 19.2 Å². The van der Waals surface area contributed by atoms with Crippen LogP contribution in [0.15, 0.2) is 12.1 Å². The first-order valence-corrected chi connectivity index (χ1v) is 7.21. The highest BCUT2D eigenvalue weighted by Crippen LogP contribution is 2.22. The van der Waals surface area contributed by atoms with E-state index in [2.05, 4.69) is 9.46 Å². The Hall–Kier alpha value is -1.61. The number of carboxylic acids is 1. The van der Waals surface area contributed by atoms with Crippen molar-refractivity contribution in [1.82, 2.24) is 0 Å². The van der Waals surface area contributed by atoms with Gasteiger partial charge in [-0.05, 0) is 12.1 Å². The van der Waals surface area contributed by atoms with Gasteiger partial charge in [0.1, 0.15) is 9.88 Å². The van der Waals surface area contributed by atoms with E-state index in [0.29, 0.717) is 0 Å². The van der Waals surface area contributed by atoms with Crippen molar-refractivity contribution in [3.8, 4) is 0 Å². The Balaban J connectivity index is 2.64. The molecule has 0 aliphatic heterocycles. The van der Waals surface area contributed by atoms with Crippen LogP contribution >= 0.6 is 11.3 Å². The van der Waals surface area contributed by atoms with Crippen LogP contribution in [0.1, 0.15) is 16.1 Å². The summed E-state index contributed by atoms with van der Waals surface area (Å²) in [6.45, 7) is 0. The van der Waals surface area contributed by atoms with Gasteiger partial charge in [0, 0.05) is 0 Å². The Kier molecular flexibility index (Phi) is 4.68. The van der Waals surface area contributed by atoms with Gasteiger partial charge >= 0.3 is 11.9 Å². The maximum Gasteiger partial charge on any atom is 0.345 e. The van der Waals surface area contributed by atoms with Crippen LogP contribution in [0.3, 0.4) is 0 Å². The lowest BCUT2D eigenvalue weighted by atomic mass is 10.5. The van der Waals surface area contributed by atoms with Crippen LogP contribution in [0, 0.1) is 0 Å². The molecule has 0 fully saturated rings. The number of rotatable bonds is 6. The monoisotopic (exact) mass is 293 g/mol. The lowest BCUT2D eigenvalue weighted by Gasteiger charge is -2.04. The largest absolute Gasteiger partial charge is 0.477 e. The zero-order valence-electron chi connectivity index (χ0n) is 9.37. The van der Waals surface area contributed by atoms with Crippen molar-refractivity contribution < 1.29 is 27.9 Å². The second-order valence-corrected chi connectivity index (χ2v) is 6.14. The van der Waals surface area contributed by atoms with Gasteiger partial charge in [-0.15, -0.1) is 11.3 Å². The Morgan fingerprint density at radius 3 is 2.61 bits per heavy atom. The third kappa shape index (κ3) is 4.34. The highest BCUT2D eigenvalue weighted by Gasteiger charge is 2.15. The average molecular weight is 293 g/mol. The van der Waals surface area contributed by atoms with E-state index in [1.807, 2.05) is 0 Å². The van der Waals surface area contributed by atoms with E-state index in [0.717, 1.165) is 11.3 Å². The van der Waals surface area contributed by atoms with Gasteiger partial charge in [0.2, 0.25) is 10.0 Å². The van der Waals surface area contributed by atoms with Gasteiger partial charge in [0.15, 0.2) is 0 Å². The molecule has 0 bridgehead atoms. The molecule has 0 aliphatic rings. The van der Waals surface area contributed by atoms with Gasteiger partial charge < -0.3 is 9.84 Å². The first kappa shape index (κ1) is 14.5. The fraction of sp³-hybridized carbons (Fsp3) is 0.333.